The van der Waals surface area contributed by atoms with Gasteiger partial charge in [0.05, 0.1) is 11.6 Å². The van der Waals surface area contributed by atoms with Crippen molar-refractivity contribution in [3.63, 3.8) is 0 Å². The van der Waals surface area contributed by atoms with Crippen molar-refractivity contribution in [2.24, 2.45) is 0 Å². The predicted octanol–water partition coefficient (Wildman–Crippen LogP) is 1.56. The van der Waals surface area contributed by atoms with Crippen LogP contribution in [0.5, 0.6) is 0 Å². The van der Waals surface area contributed by atoms with E-state index in [1.807, 2.05) is 23.1 Å². The zero-order chi connectivity index (χ0) is 22.2. The average Bonchev–Trinajstić information content (AvgIpc) is 2.99. The normalized spacial score (nSPS) is 23.2. The SMILES string of the molecule is CC1(c2ccccc2)NC(=O)N(CN2CCN(S(=O)(=O)c3ccc(F)cc3)CC2)C1=O. The Labute approximate surface area is 180 Å². The van der Waals surface area contributed by atoms with Crippen LogP contribution in [0.1, 0.15) is 12.5 Å². The number of urea groups is 1. The largest absolute Gasteiger partial charge is 0.326 e. The van der Waals surface area contributed by atoms with E-state index in [0.29, 0.717) is 18.7 Å². The Morgan fingerprint density at radius 2 is 1.58 bits per heavy atom. The maximum Gasteiger partial charge on any atom is 0.326 e. The quantitative estimate of drug-likeness (QED) is 0.704. The molecule has 0 aliphatic carbocycles. The van der Waals surface area contributed by atoms with Crippen LogP contribution in [0.2, 0.25) is 0 Å². The minimum Gasteiger partial charge on any atom is -0.319 e. The van der Waals surface area contributed by atoms with Gasteiger partial charge in [-0.1, -0.05) is 30.3 Å². The van der Waals surface area contributed by atoms with Gasteiger partial charge in [0, 0.05) is 26.2 Å². The molecular weight excluding hydrogens is 423 g/mol. The summed E-state index contributed by atoms with van der Waals surface area (Å²) in [6.45, 7) is 2.89. The molecule has 2 aromatic carbocycles. The van der Waals surface area contributed by atoms with E-state index < -0.39 is 27.4 Å². The molecule has 0 aromatic heterocycles. The molecule has 1 atom stereocenters. The average molecular weight is 447 g/mol. The van der Waals surface area contributed by atoms with Crippen LogP contribution < -0.4 is 5.32 Å². The molecule has 0 radical (unpaired) electrons. The molecule has 0 bridgehead atoms. The van der Waals surface area contributed by atoms with Gasteiger partial charge in [-0.25, -0.2) is 22.5 Å². The van der Waals surface area contributed by atoms with E-state index in [2.05, 4.69) is 5.32 Å². The maximum atomic E-state index is 13.1. The Balaban J connectivity index is 1.40. The van der Waals surface area contributed by atoms with Gasteiger partial charge in [0.25, 0.3) is 5.91 Å². The van der Waals surface area contributed by atoms with E-state index in [1.165, 1.54) is 16.4 Å². The number of nitrogens with zero attached hydrogens (tertiary/aromatic N) is 3. The number of benzene rings is 2. The van der Waals surface area contributed by atoms with Gasteiger partial charge in [0.2, 0.25) is 10.0 Å². The maximum absolute atomic E-state index is 13.1. The molecule has 8 nitrogen and oxygen atoms in total. The molecule has 0 spiro atoms. The van der Waals surface area contributed by atoms with E-state index in [-0.39, 0.29) is 30.6 Å². The van der Waals surface area contributed by atoms with E-state index in [4.69, 9.17) is 0 Å². The van der Waals surface area contributed by atoms with Gasteiger partial charge in [-0.05, 0) is 36.8 Å². The first-order valence-electron chi connectivity index (χ1n) is 9.89. The fourth-order valence-electron chi connectivity index (χ4n) is 3.86. The van der Waals surface area contributed by atoms with Crippen LogP contribution in [0.25, 0.3) is 0 Å². The number of nitrogens with one attached hydrogen (secondary N) is 1. The first-order valence-corrected chi connectivity index (χ1v) is 11.3. The highest BCUT2D eigenvalue weighted by Gasteiger charge is 2.49. The zero-order valence-electron chi connectivity index (χ0n) is 17.0. The number of sulfonamides is 1. The highest BCUT2D eigenvalue weighted by molar-refractivity contribution is 7.89. The number of halogens is 1. The molecule has 1 unspecified atom stereocenters. The van der Waals surface area contributed by atoms with Gasteiger partial charge in [-0.15, -0.1) is 0 Å². The van der Waals surface area contributed by atoms with Gasteiger partial charge in [-0.3, -0.25) is 9.69 Å². The van der Waals surface area contributed by atoms with Crippen LogP contribution >= 0.6 is 0 Å². The fraction of sp³-hybridized carbons (Fsp3) is 0.333. The number of imide groups is 1. The molecule has 4 rings (SSSR count). The second-order valence-electron chi connectivity index (χ2n) is 7.77. The zero-order valence-corrected chi connectivity index (χ0v) is 17.8. The second kappa shape index (κ2) is 8.03. The van der Waals surface area contributed by atoms with Gasteiger partial charge in [0.15, 0.2) is 0 Å². The summed E-state index contributed by atoms with van der Waals surface area (Å²) in [5, 5.41) is 2.77. The summed E-state index contributed by atoms with van der Waals surface area (Å²) < 4.78 is 39.9. The van der Waals surface area contributed by atoms with Crippen molar-refractivity contribution in [3.8, 4) is 0 Å². The van der Waals surface area contributed by atoms with Crippen molar-refractivity contribution in [2.45, 2.75) is 17.4 Å². The number of carbonyl (C=O) groups is 2. The number of rotatable bonds is 5. The van der Waals surface area contributed by atoms with Gasteiger partial charge >= 0.3 is 6.03 Å². The Kier molecular flexibility index (Phi) is 5.54. The third kappa shape index (κ3) is 3.93. The number of hydrogen-bond donors (Lipinski definition) is 1. The first kappa shape index (κ1) is 21.4. The van der Waals surface area contributed by atoms with Crippen molar-refractivity contribution in [1.29, 1.82) is 0 Å². The molecule has 31 heavy (non-hydrogen) atoms. The van der Waals surface area contributed by atoms with E-state index in [1.54, 1.807) is 19.1 Å². The van der Waals surface area contributed by atoms with Crippen LogP contribution in [-0.2, 0) is 20.4 Å². The molecule has 0 saturated carbocycles. The number of piperazine rings is 1. The van der Waals surface area contributed by atoms with Crippen molar-refractivity contribution >= 4 is 22.0 Å². The summed E-state index contributed by atoms with van der Waals surface area (Å²) >= 11 is 0. The van der Waals surface area contributed by atoms with Crippen molar-refractivity contribution in [1.82, 2.24) is 19.4 Å². The van der Waals surface area contributed by atoms with Gasteiger partial charge in [-0.2, -0.15) is 4.31 Å². The van der Waals surface area contributed by atoms with Crippen molar-refractivity contribution in [2.75, 3.05) is 32.8 Å². The van der Waals surface area contributed by atoms with Crippen LogP contribution in [0, 0.1) is 5.82 Å². The standard InChI is InChI=1S/C21H23FN4O4S/c1-21(16-5-3-2-4-6-16)19(27)26(20(28)23-21)15-24-11-13-25(14-12-24)31(29,30)18-9-7-17(22)8-10-18/h2-10H,11-15H2,1H3,(H,23,28). The Bertz CT molecular complexity index is 1090. The lowest BCUT2D eigenvalue weighted by atomic mass is 9.92. The third-order valence-corrected chi connectivity index (χ3v) is 7.66. The number of carbonyl (C=O) groups excluding carboxylic acids is 2. The molecule has 2 heterocycles. The Morgan fingerprint density at radius 1 is 0.968 bits per heavy atom. The minimum absolute atomic E-state index is 0.0371. The monoisotopic (exact) mass is 446 g/mol. The van der Waals surface area contributed by atoms with Crippen LogP contribution in [-0.4, -0.2) is 67.3 Å². The molecule has 3 amide bonds. The molecule has 2 saturated heterocycles. The molecule has 2 aliphatic rings. The summed E-state index contributed by atoms with van der Waals surface area (Å²) in [4.78, 5) is 28.6. The highest BCUT2D eigenvalue weighted by Crippen LogP contribution is 2.29. The summed E-state index contributed by atoms with van der Waals surface area (Å²) in [7, 11) is -3.73. The highest BCUT2D eigenvalue weighted by atomic mass is 32.2. The van der Waals surface area contributed by atoms with E-state index >= 15 is 0 Å². The molecule has 2 fully saturated rings. The topological polar surface area (TPSA) is 90.0 Å². The van der Waals surface area contributed by atoms with E-state index in [0.717, 1.165) is 17.0 Å². The lowest BCUT2D eigenvalue weighted by Crippen LogP contribution is -2.52. The number of amides is 3. The third-order valence-electron chi connectivity index (χ3n) is 5.75. The molecule has 10 heteroatoms. The predicted molar refractivity (Wildman–Crippen MR) is 111 cm³/mol. The number of hydrogen-bond acceptors (Lipinski definition) is 5. The fourth-order valence-corrected chi connectivity index (χ4v) is 5.28. The van der Waals surface area contributed by atoms with Crippen LogP contribution in [0.3, 0.4) is 0 Å². The van der Waals surface area contributed by atoms with Crippen LogP contribution in [0.15, 0.2) is 59.5 Å². The summed E-state index contributed by atoms with van der Waals surface area (Å²) in [6, 6.07) is 13.3. The van der Waals surface area contributed by atoms with Crippen molar-refractivity contribution < 1.29 is 22.4 Å². The summed E-state index contributed by atoms with van der Waals surface area (Å²) in [5.41, 5.74) is -0.433. The Morgan fingerprint density at radius 3 is 2.19 bits per heavy atom. The summed E-state index contributed by atoms with van der Waals surface area (Å²) in [5.74, 6) is -0.843. The van der Waals surface area contributed by atoms with Crippen LogP contribution in [0.4, 0.5) is 9.18 Å². The second-order valence-corrected chi connectivity index (χ2v) is 9.71. The lowest BCUT2D eigenvalue weighted by Gasteiger charge is -2.35. The molecular formula is C21H23FN4O4S. The van der Waals surface area contributed by atoms with E-state index in [9.17, 15) is 22.4 Å². The van der Waals surface area contributed by atoms with Gasteiger partial charge in [0.1, 0.15) is 11.4 Å². The Hall–Kier alpha value is -2.82. The molecule has 2 aromatic rings. The lowest BCUT2D eigenvalue weighted by molar-refractivity contribution is -0.132. The van der Waals surface area contributed by atoms with Gasteiger partial charge < -0.3 is 5.32 Å². The molecule has 164 valence electrons. The van der Waals surface area contributed by atoms with Crippen molar-refractivity contribution in [3.05, 3.63) is 66.0 Å². The first-order chi connectivity index (χ1) is 14.7. The minimum atomic E-state index is -3.73. The molecule has 2 aliphatic heterocycles. The smallest absolute Gasteiger partial charge is 0.319 e. The molecule has 1 N–H and O–H groups in total. The summed E-state index contributed by atoms with van der Waals surface area (Å²) in [6.07, 6.45) is 0.